The Hall–Kier alpha value is -1.76. The number of para-hydroxylation sites is 1. The number of sulfonamides is 1. The average Bonchev–Trinajstić information content (AvgIpc) is 2.57. The highest BCUT2D eigenvalue weighted by Gasteiger charge is 2.32. The second kappa shape index (κ2) is 8.50. The van der Waals surface area contributed by atoms with Crippen LogP contribution in [0.1, 0.15) is 24.5 Å². The van der Waals surface area contributed by atoms with Gasteiger partial charge >= 0.3 is 0 Å². The lowest BCUT2D eigenvalue weighted by Crippen LogP contribution is -2.47. The lowest BCUT2D eigenvalue weighted by molar-refractivity contribution is -0.117. The number of nitrogens with one attached hydrogen (secondary N) is 1. The summed E-state index contributed by atoms with van der Waals surface area (Å²) in [6, 6.07) is 9.22. The van der Waals surface area contributed by atoms with Crippen LogP contribution in [0.4, 0.5) is 11.4 Å². The van der Waals surface area contributed by atoms with Gasteiger partial charge in [0.15, 0.2) is 0 Å². The van der Waals surface area contributed by atoms with Crippen LogP contribution >= 0.6 is 23.2 Å². The monoisotopic (exact) mass is 428 g/mol. The van der Waals surface area contributed by atoms with E-state index in [-0.39, 0.29) is 17.1 Å². The first-order valence-electron chi connectivity index (χ1n) is 8.37. The minimum Gasteiger partial charge on any atom is -0.324 e. The summed E-state index contributed by atoms with van der Waals surface area (Å²) in [5.41, 5.74) is 2.77. The smallest absolute Gasteiger partial charge is 0.248 e. The van der Waals surface area contributed by atoms with Crippen LogP contribution in [0.2, 0.25) is 10.0 Å². The molecule has 0 radical (unpaired) electrons. The summed E-state index contributed by atoms with van der Waals surface area (Å²) in [6.07, 6.45) is 1.34. The first-order valence-corrected chi connectivity index (χ1v) is 11.0. The van der Waals surface area contributed by atoms with Crippen molar-refractivity contribution in [2.24, 2.45) is 0 Å². The van der Waals surface area contributed by atoms with Crippen molar-refractivity contribution < 1.29 is 13.2 Å². The predicted octanol–water partition coefficient (Wildman–Crippen LogP) is 4.79. The molecule has 2 rings (SSSR count). The van der Waals surface area contributed by atoms with Crippen LogP contribution < -0.4 is 9.62 Å². The third-order valence-corrected chi connectivity index (χ3v) is 6.14. The van der Waals surface area contributed by atoms with Crippen molar-refractivity contribution >= 4 is 50.5 Å². The van der Waals surface area contributed by atoms with Crippen molar-refractivity contribution in [1.82, 2.24) is 0 Å². The van der Waals surface area contributed by atoms with Gasteiger partial charge in [0, 0.05) is 5.69 Å². The van der Waals surface area contributed by atoms with Gasteiger partial charge in [0.1, 0.15) is 6.04 Å². The summed E-state index contributed by atoms with van der Waals surface area (Å²) in [7, 11) is -3.75. The molecule has 0 heterocycles. The lowest BCUT2D eigenvalue weighted by Gasteiger charge is -2.30. The molecule has 0 fully saturated rings. The van der Waals surface area contributed by atoms with Gasteiger partial charge in [-0.2, -0.15) is 0 Å². The van der Waals surface area contributed by atoms with E-state index in [9.17, 15) is 13.2 Å². The van der Waals surface area contributed by atoms with Gasteiger partial charge < -0.3 is 5.32 Å². The molecule has 0 aliphatic carbocycles. The Morgan fingerprint density at radius 3 is 2.19 bits per heavy atom. The van der Waals surface area contributed by atoms with E-state index >= 15 is 0 Å². The molecule has 146 valence electrons. The van der Waals surface area contributed by atoms with Crippen LogP contribution in [0.25, 0.3) is 0 Å². The number of nitrogens with zero attached hydrogens (tertiary/aromatic N) is 1. The maximum atomic E-state index is 13.0. The van der Waals surface area contributed by atoms with Crippen molar-refractivity contribution in [2.75, 3.05) is 15.9 Å². The molecule has 1 amide bonds. The second-order valence-corrected chi connectivity index (χ2v) is 9.01. The molecular weight excluding hydrogens is 407 g/mol. The van der Waals surface area contributed by atoms with E-state index in [0.717, 1.165) is 21.7 Å². The molecular formula is C19H22Cl2N2O3S. The number of benzene rings is 2. The molecule has 0 bridgehead atoms. The Balaban J connectivity index is 2.46. The van der Waals surface area contributed by atoms with Crippen molar-refractivity contribution in [3.05, 3.63) is 57.6 Å². The van der Waals surface area contributed by atoms with Crippen LogP contribution in [-0.4, -0.2) is 26.6 Å². The number of carbonyl (C=O) groups is 1. The van der Waals surface area contributed by atoms with E-state index in [1.807, 2.05) is 32.0 Å². The van der Waals surface area contributed by atoms with Gasteiger partial charge in [-0.05, 0) is 49.6 Å². The molecule has 0 unspecified atom stereocenters. The number of hydrogen-bond acceptors (Lipinski definition) is 3. The topological polar surface area (TPSA) is 66.5 Å². The van der Waals surface area contributed by atoms with E-state index in [4.69, 9.17) is 23.2 Å². The molecule has 0 saturated carbocycles. The molecule has 2 aromatic rings. The summed E-state index contributed by atoms with van der Waals surface area (Å²) in [4.78, 5) is 13.0. The summed E-state index contributed by atoms with van der Waals surface area (Å²) < 4.78 is 26.1. The SMILES string of the molecule is CC[C@@H](C(=O)Nc1c(C)cccc1C)N(c1ccc(Cl)c(Cl)c1)S(C)(=O)=O. The third kappa shape index (κ3) is 4.94. The van der Waals surface area contributed by atoms with Gasteiger partial charge in [-0.25, -0.2) is 8.42 Å². The number of rotatable bonds is 6. The first kappa shape index (κ1) is 21.5. The summed E-state index contributed by atoms with van der Waals surface area (Å²) >= 11 is 12.0. The molecule has 8 heteroatoms. The van der Waals surface area contributed by atoms with Gasteiger partial charge in [0.2, 0.25) is 15.9 Å². The van der Waals surface area contributed by atoms with Crippen LogP contribution in [0.3, 0.4) is 0 Å². The van der Waals surface area contributed by atoms with Gasteiger partial charge in [0.25, 0.3) is 0 Å². The quantitative estimate of drug-likeness (QED) is 0.718. The van der Waals surface area contributed by atoms with Crippen molar-refractivity contribution in [3.8, 4) is 0 Å². The Kier molecular flexibility index (Phi) is 6.78. The fraction of sp³-hybridized carbons (Fsp3) is 0.316. The predicted molar refractivity (Wildman–Crippen MR) is 112 cm³/mol. The highest BCUT2D eigenvalue weighted by atomic mass is 35.5. The van der Waals surface area contributed by atoms with Crippen LogP contribution in [0.5, 0.6) is 0 Å². The van der Waals surface area contributed by atoms with Crippen molar-refractivity contribution in [3.63, 3.8) is 0 Å². The standard InChI is InChI=1S/C19H22Cl2N2O3S/c1-5-17(19(24)22-18-12(2)7-6-8-13(18)3)23(27(4,25)26)14-9-10-15(20)16(21)11-14/h6-11,17H,5H2,1-4H3,(H,22,24)/t17-/m0/s1. The highest BCUT2D eigenvalue weighted by Crippen LogP contribution is 2.31. The fourth-order valence-corrected chi connectivity index (χ4v) is 4.40. The molecule has 1 atom stereocenters. The zero-order valence-corrected chi connectivity index (χ0v) is 17.9. The Morgan fingerprint density at radius 2 is 1.70 bits per heavy atom. The molecule has 0 spiro atoms. The molecule has 0 saturated heterocycles. The average molecular weight is 429 g/mol. The number of anilines is 2. The van der Waals surface area contributed by atoms with Crippen LogP contribution in [0, 0.1) is 13.8 Å². The second-order valence-electron chi connectivity index (χ2n) is 6.34. The number of halogens is 2. The summed E-state index contributed by atoms with van der Waals surface area (Å²) in [5.74, 6) is -0.411. The number of aryl methyl sites for hydroxylation is 2. The zero-order valence-electron chi connectivity index (χ0n) is 15.6. The third-order valence-electron chi connectivity index (χ3n) is 4.22. The Labute approximate surface area is 170 Å². The highest BCUT2D eigenvalue weighted by molar-refractivity contribution is 7.92. The zero-order chi connectivity index (χ0) is 20.4. The Bertz CT molecular complexity index is 941. The molecule has 27 heavy (non-hydrogen) atoms. The van der Waals surface area contributed by atoms with E-state index in [0.29, 0.717) is 10.7 Å². The van der Waals surface area contributed by atoms with Crippen LogP contribution in [-0.2, 0) is 14.8 Å². The minimum atomic E-state index is -3.75. The molecule has 2 aromatic carbocycles. The normalized spacial score (nSPS) is 12.5. The minimum absolute atomic E-state index is 0.216. The molecule has 0 aliphatic rings. The maximum Gasteiger partial charge on any atom is 0.248 e. The molecule has 0 aliphatic heterocycles. The van der Waals surface area contributed by atoms with Gasteiger partial charge in [-0.3, -0.25) is 9.10 Å². The molecule has 0 aromatic heterocycles. The van der Waals surface area contributed by atoms with Crippen molar-refractivity contribution in [1.29, 1.82) is 0 Å². The number of carbonyl (C=O) groups excluding carboxylic acids is 1. The fourth-order valence-electron chi connectivity index (χ4n) is 2.90. The summed E-state index contributed by atoms with van der Waals surface area (Å²) in [6.45, 7) is 5.53. The van der Waals surface area contributed by atoms with E-state index in [1.165, 1.54) is 18.2 Å². The largest absolute Gasteiger partial charge is 0.324 e. The Morgan fingerprint density at radius 1 is 1.11 bits per heavy atom. The summed E-state index contributed by atoms with van der Waals surface area (Å²) in [5, 5.41) is 3.40. The van der Waals surface area contributed by atoms with E-state index < -0.39 is 22.0 Å². The first-order chi connectivity index (χ1) is 12.6. The molecule has 1 N–H and O–H groups in total. The van der Waals surface area contributed by atoms with E-state index in [2.05, 4.69) is 5.32 Å². The van der Waals surface area contributed by atoms with Crippen LogP contribution in [0.15, 0.2) is 36.4 Å². The maximum absolute atomic E-state index is 13.0. The van der Waals surface area contributed by atoms with Gasteiger partial charge in [-0.1, -0.05) is 48.3 Å². The van der Waals surface area contributed by atoms with Gasteiger partial charge in [0.05, 0.1) is 22.0 Å². The molecule has 5 nitrogen and oxygen atoms in total. The number of hydrogen-bond donors (Lipinski definition) is 1. The lowest BCUT2D eigenvalue weighted by atomic mass is 10.1. The number of amides is 1. The van der Waals surface area contributed by atoms with Crippen molar-refractivity contribution in [2.45, 2.75) is 33.2 Å². The van der Waals surface area contributed by atoms with E-state index in [1.54, 1.807) is 6.92 Å². The van der Waals surface area contributed by atoms with Gasteiger partial charge in [-0.15, -0.1) is 0 Å².